The largest absolute Gasteiger partial charge is 0.493 e. The number of hydrazone groups is 1. The second-order valence-electron chi connectivity index (χ2n) is 8.09. The molecule has 2 atom stereocenters. The van der Waals surface area contributed by atoms with Gasteiger partial charge >= 0.3 is 0 Å². The molecule has 7 nitrogen and oxygen atoms in total. The molecule has 0 saturated carbocycles. The molecule has 0 aromatic heterocycles. The van der Waals surface area contributed by atoms with Crippen molar-refractivity contribution in [1.29, 1.82) is 10.5 Å². The smallest absolute Gasteiger partial charge is 0.177 e. The maximum atomic E-state index is 10.0. The van der Waals surface area contributed by atoms with Crippen LogP contribution in [0.15, 0.2) is 74.2 Å². The van der Waals surface area contributed by atoms with E-state index < -0.39 is 12.1 Å². The first-order valence-electron chi connectivity index (χ1n) is 11.1. The van der Waals surface area contributed by atoms with Crippen molar-refractivity contribution in [3.05, 3.63) is 90.3 Å². The zero-order chi connectivity index (χ0) is 27.4. The molecule has 1 heterocycles. The van der Waals surface area contributed by atoms with E-state index in [0.29, 0.717) is 36.1 Å². The summed E-state index contributed by atoms with van der Waals surface area (Å²) in [5, 5.41) is 26.9. The summed E-state index contributed by atoms with van der Waals surface area (Å²) in [7, 11) is 1.52. The molecule has 1 aliphatic heterocycles. The lowest BCUT2D eigenvalue weighted by molar-refractivity contribution is 0.282. The molecule has 0 spiro atoms. The lowest BCUT2D eigenvalue weighted by Gasteiger charge is -2.21. The van der Waals surface area contributed by atoms with Crippen LogP contribution in [0.3, 0.4) is 0 Å². The SMILES string of the molecule is COc1cc(/C=C(/C#N)C2=NN(c3ccccc3)[C@@H](N)[C@@H]2C#N)c(Br)c(Br)c1OCc1ccc(Cl)c(Cl)c1. The van der Waals surface area contributed by atoms with Gasteiger partial charge in [-0.2, -0.15) is 15.6 Å². The molecule has 38 heavy (non-hydrogen) atoms. The van der Waals surface area contributed by atoms with Crippen molar-refractivity contribution in [2.45, 2.75) is 12.8 Å². The van der Waals surface area contributed by atoms with Gasteiger partial charge in [-0.15, -0.1) is 0 Å². The van der Waals surface area contributed by atoms with Gasteiger partial charge in [0.05, 0.1) is 44.7 Å². The van der Waals surface area contributed by atoms with Crippen molar-refractivity contribution in [3.8, 4) is 23.6 Å². The molecular formula is C27H19Br2Cl2N5O2. The number of nitrogens with two attached hydrogens (primary N) is 1. The van der Waals surface area contributed by atoms with E-state index in [1.807, 2.05) is 36.4 Å². The van der Waals surface area contributed by atoms with Gasteiger partial charge in [0.1, 0.15) is 24.8 Å². The zero-order valence-corrected chi connectivity index (χ0v) is 24.5. The zero-order valence-electron chi connectivity index (χ0n) is 19.8. The van der Waals surface area contributed by atoms with Gasteiger partial charge in [0, 0.05) is 4.47 Å². The number of rotatable bonds is 7. The Bertz CT molecular complexity index is 1520. The number of benzene rings is 3. The summed E-state index contributed by atoms with van der Waals surface area (Å²) in [4.78, 5) is 0. The third kappa shape index (κ3) is 5.68. The summed E-state index contributed by atoms with van der Waals surface area (Å²) in [6, 6.07) is 20.6. The van der Waals surface area contributed by atoms with Crippen LogP contribution in [-0.4, -0.2) is 19.0 Å². The van der Waals surface area contributed by atoms with Crippen LogP contribution in [0.1, 0.15) is 11.1 Å². The molecule has 0 radical (unpaired) electrons. The number of para-hydroxylation sites is 1. The molecule has 0 fully saturated rings. The predicted molar refractivity (Wildman–Crippen MR) is 156 cm³/mol. The number of ether oxygens (including phenoxy) is 2. The Hall–Kier alpha value is -3.05. The van der Waals surface area contributed by atoms with Crippen molar-refractivity contribution >= 4 is 72.5 Å². The van der Waals surface area contributed by atoms with E-state index >= 15 is 0 Å². The van der Waals surface area contributed by atoms with E-state index in [2.05, 4.69) is 49.1 Å². The lowest BCUT2D eigenvalue weighted by Crippen LogP contribution is -2.40. The second-order valence-corrected chi connectivity index (χ2v) is 10.5. The van der Waals surface area contributed by atoms with Crippen molar-refractivity contribution in [1.82, 2.24) is 0 Å². The molecule has 0 aliphatic carbocycles. The molecule has 0 saturated heterocycles. The molecule has 1 aliphatic rings. The third-order valence-corrected chi connectivity index (χ3v) is 8.62. The summed E-state index contributed by atoms with van der Waals surface area (Å²) in [6.45, 7) is 0.213. The van der Waals surface area contributed by atoms with Crippen molar-refractivity contribution in [2.75, 3.05) is 12.1 Å². The average molecular weight is 676 g/mol. The Labute approximate surface area is 246 Å². The molecule has 0 unspecified atom stereocenters. The van der Waals surface area contributed by atoms with Gasteiger partial charge in [0.2, 0.25) is 0 Å². The molecule has 3 aromatic carbocycles. The summed E-state index contributed by atoms with van der Waals surface area (Å²) in [5.74, 6) is 0.0713. The molecule has 3 aromatic rings. The van der Waals surface area contributed by atoms with Crippen LogP contribution in [0.25, 0.3) is 6.08 Å². The van der Waals surface area contributed by atoms with Crippen LogP contribution in [-0.2, 0) is 6.61 Å². The van der Waals surface area contributed by atoms with Crippen LogP contribution < -0.4 is 20.2 Å². The number of hydrogen-bond donors (Lipinski definition) is 1. The van der Waals surface area contributed by atoms with Crippen LogP contribution in [0.5, 0.6) is 11.5 Å². The summed E-state index contributed by atoms with van der Waals surface area (Å²) >= 11 is 19.3. The normalized spacial score (nSPS) is 17.0. The first-order chi connectivity index (χ1) is 18.3. The Balaban J connectivity index is 1.69. The fraction of sp³-hybridized carbons (Fsp3) is 0.148. The van der Waals surface area contributed by atoms with E-state index in [-0.39, 0.29) is 17.9 Å². The van der Waals surface area contributed by atoms with Gasteiger partial charge in [0.25, 0.3) is 0 Å². The minimum Gasteiger partial charge on any atom is -0.493 e. The van der Waals surface area contributed by atoms with Crippen molar-refractivity contribution in [3.63, 3.8) is 0 Å². The second kappa shape index (κ2) is 12.2. The van der Waals surface area contributed by atoms with E-state index in [4.69, 9.17) is 38.4 Å². The quantitative estimate of drug-likeness (QED) is 0.263. The predicted octanol–water partition coefficient (Wildman–Crippen LogP) is 7.31. The van der Waals surface area contributed by atoms with Crippen LogP contribution in [0.2, 0.25) is 10.0 Å². The number of allylic oxidation sites excluding steroid dienone is 1. The number of anilines is 1. The topological polar surface area (TPSA) is 108 Å². The maximum Gasteiger partial charge on any atom is 0.177 e. The van der Waals surface area contributed by atoms with Gasteiger partial charge in [-0.05, 0) is 79.4 Å². The summed E-state index contributed by atoms with van der Waals surface area (Å²) < 4.78 is 12.8. The van der Waals surface area contributed by atoms with Gasteiger partial charge in [-0.25, -0.2) is 5.01 Å². The Morgan fingerprint density at radius 3 is 2.47 bits per heavy atom. The van der Waals surface area contributed by atoms with Crippen LogP contribution in [0, 0.1) is 28.6 Å². The van der Waals surface area contributed by atoms with Gasteiger partial charge in [-0.1, -0.05) is 47.5 Å². The first-order valence-corrected chi connectivity index (χ1v) is 13.5. The standard InChI is InChI=1S/C27H19Br2Cl2N5O2/c1-37-22-11-16(23(28)24(29)26(22)38-14-15-7-8-20(30)21(31)9-15)10-17(12-32)25-19(13-33)27(34)36(35-25)18-5-3-2-4-6-18/h2-11,19,27H,14,34H2,1H3/b17-10-/t19-,27-/m1/s1. The molecule has 192 valence electrons. The Morgan fingerprint density at radius 2 is 1.84 bits per heavy atom. The maximum absolute atomic E-state index is 10.0. The molecule has 0 amide bonds. The fourth-order valence-corrected chi connectivity index (χ4v) is 5.09. The molecule has 4 rings (SSSR count). The highest BCUT2D eigenvalue weighted by Gasteiger charge is 2.37. The molecule has 2 N–H and O–H groups in total. The number of halogens is 4. The number of methoxy groups -OCH3 is 1. The molecular weight excluding hydrogens is 657 g/mol. The minimum absolute atomic E-state index is 0.199. The van der Waals surface area contributed by atoms with Crippen molar-refractivity contribution in [2.24, 2.45) is 16.8 Å². The summed E-state index contributed by atoms with van der Waals surface area (Å²) in [6.07, 6.45) is 0.890. The Kier molecular flexibility index (Phi) is 8.99. The van der Waals surface area contributed by atoms with Gasteiger partial charge in [-0.3, -0.25) is 0 Å². The highest BCUT2D eigenvalue weighted by atomic mass is 79.9. The van der Waals surface area contributed by atoms with Crippen LogP contribution >= 0.6 is 55.1 Å². The van der Waals surface area contributed by atoms with Crippen molar-refractivity contribution < 1.29 is 9.47 Å². The highest BCUT2D eigenvalue weighted by Crippen LogP contribution is 2.44. The number of hydrogen-bond acceptors (Lipinski definition) is 7. The minimum atomic E-state index is -0.806. The van der Waals surface area contributed by atoms with E-state index in [0.717, 1.165) is 11.3 Å². The average Bonchev–Trinajstić information content (AvgIpc) is 3.26. The molecule has 0 bridgehead atoms. The lowest BCUT2D eigenvalue weighted by atomic mass is 9.95. The van der Waals surface area contributed by atoms with Gasteiger partial charge in [0.15, 0.2) is 11.5 Å². The van der Waals surface area contributed by atoms with E-state index in [9.17, 15) is 10.5 Å². The van der Waals surface area contributed by atoms with Gasteiger partial charge < -0.3 is 15.2 Å². The monoisotopic (exact) mass is 673 g/mol. The van der Waals surface area contributed by atoms with E-state index in [1.54, 1.807) is 29.3 Å². The number of nitrogens with zero attached hydrogens (tertiary/aromatic N) is 4. The molecule has 11 heteroatoms. The first kappa shape index (κ1) is 28.0. The summed E-state index contributed by atoms with van der Waals surface area (Å²) in [5.41, 5.74) is 8.98. The highest BCUT2D eigenvalue weighted by molar-refractivity contribution is 9.13. The fourth-order valence-electron chi connectivity index (χ4n) is 3.82. The van der Waals surface area contributed by atoms with E-state index in [1.165, 1.54) is 7.11 Å². The Morgan fingerprint density at radius 1 is 1.11 bits per heavy atom. The number of nitriles is 2. The third-order valence-electron chi connectivity index (χ3n) is 5.73. The van der Waals surface area contributed by atoms with Crippen LogP contribution in [0.4, 0.5) is 5.69 Å².